The second-order valence-electron chi connectivity index (χ2n) is 8.51. The summed E-state index contributed by atoms with van der Waals surface area (Å²) in [5, 5.41) is 0. The van der Waals surface area contributed by atoms with Crippen molar-refractivity contribution in [2.75, 3.05) is 51.3 Å². The van der Waals surface area contributed by atoms with E-state index in [1.54, 1.807) is 18.9 Å². The number of methoxy groups -OCH3 is 1. The number of hydrogen-bond acceptors (Lipinski definition) is 4. The van der Waals surface area contributed by atoms with E-state index in [9.17, 15) is 9.59 Å². The molecule has 2 amide bonds. The van der Waals surface area contributed by atoms with E-state index in [1.165, 1.54) is 11.3 Å². The van der Waals surface area contributed by atoms with Crippen LogP contribution in [0.4, 0.5) is 5.69 Å². The van der Waals surface area contributed by atoms with Gasteiger partial charge in [-0.25, -0.2) is 0 Å². The topological polar surface area (TPSA) is 53.1 Å². The number of piperazine rings is 1. The highest BCUT2D eigenvalue weighted by Gasteiger charge is 2.41. The Hall–Kier alpha value is -3.02. The van der Waals surface area contributed by atoms with Gasteiger partial charge in [0.2, 0.25) is 11.8 Å². The number of anilines is 1. The highest BCUT2D eigenvalue weighted by Crippen LogP contribution is 2.36. The number of nitrogens with zero attached hydrogens (tertiary/aromatic N) is 3. The number of likely N-dealkylation sites (tertiary alicyclic amines) is 1. The van der Waals surface area contributed by atoms with Gasteiger partial charge in [-0.15, -0.1) is 0 Å². The van der Waals surface area contributed by atoms with E-state index in [4.69, 9.17) is 4.74 Å². The lowest BCUT2D eigenvalue weighted by atomic mass is 9.87. The molecule has 2 heterocycles. The second-order valence-corrected chi connectivity index (χ2v) is 8.51. The molecular weight excluding hydrogens is 390 g/mol. The number of amides is 2. The van der Waals surface area contributed by atoms with Crippen LogP contribution in [-0.4, -0.2) is 68.0 Å². The third kappa shape index (κ3) is 4.38. The van der Waals surface area contributed by atoms with Crippen molar-refractivity contribution < 1.29 is 14.3 Å². The van der Waals surface area contributed by atoms with Crippen LogP contribution < -0.4 is 9.64 Å². The Morgan fingerprint density at radius 3 is 2.35 bits per heavy atom. The van der Waals surface area contributed by atoms with Crippen LogP contribution in [-0.2, 0) is 9.59 Å². The lowest BCUT2D eigenvalue weighted by Crippen LogP contribution is -2.51. The predicted octanol–water partition coefficient (Wildman–Crippen LogP) is 2.91. The smallest absolute Gasteiger partial charge is 0.228 e. The third-order valence-electron chi connectivity index (χ3n) is 6.65. The van der Waals surface area contributed by atoms with Gasteiger partial charge in [0, 0.05) is 57.8 Å². The molecule has 0 aromatic heterocycles. The van der Waals surface area contributed by atoms with Gasteiger partial charge in [-0.3, -0.25) is 9.59 Å². The number of benzene rings is 2. The van der Waals surface area contributed by atoms with E-state index in [1.807, 2.05) is 29.2 Å². The molecule has 0 aliphatic carbocycles. The summed E-state index contributed by atoms with van der Waals surface area (Å²) >= 11 is 0. The molecule has 2 aliphatic rings. The predicted molar refractivity (Wildman–Crippen MR) is 121 cm³/mol. The maximum atomic E-state index is 13.6. The Bertz CT molecular complexity index is 953. The van der Waals surface area contributed by atoms with E-state index < -0.39 is 0 Å². The van der Waals surface area contributed by atoms with Gasteiger partial charge in [0.25, 0.3) is 0 Å². The Balaban J connectivity index is 1.49. The molecule has 6 heteroatoms. The van der Waals surface area contributed by atoms with Gasteiger partial charge >= 0.3 is 0 Å². The molecular formula is C25H31N3O3. The first-order valence-corrected chi connectivity index (χ1v) is 11.0. The van der Waals surface area contributed by atoms with Crippen LogP contribution in [0.3, 0.4) is 0 Å². The maximum Gasteiger partial charge on any atom is 0.228 e. The molecule has 4 rings (SSSR count). The molecule has 6 nitrogen and oxygen atoms in total. The number of carbonyl (C=O) groups excluding carboxylic acids is 2. The van der Waals surface area contributed by atoms with Gasteiger partial charge in [-0.1, -0.05) is 30.3 Å². The van der Waals surface area contributed by atoms with Gasteiger partial charge in [-0.2, -0.15) is 0 Å². The highest BCUT2D eigenvalue weighted by atomic mass is 16.5. The molecule has 0 radical (unpaired) electrons. The van der Waals surface area contributed by atoms with Crippen molar-refractivity contribution in [3.63, 3.8) is 0 Å². The first-order valence-electron chi connectivity index (χ1n) is 11.0. The summed E-state index contributed by atoms with van der Waals surface area (Å²) in [6.45, 7) is 7.81. The molecule has 2 aromatic rings. The average Bonchev–Trinajstić information content (AvgIpc) is 3.25. The fourth-order valence-electron chi connectivity index (χ4n) is 4.84. The summed E-state index contributed by atoms with van der Waals surface area (Å²) in [5.74, 6) is 0.715. The number of para-hydroxylation sites is 1. The number of carbonyl (C=O) groups is 2. The van der Waals surface area contributed by atoms with Crippen molar-refractivity contribution in [2.45, 2.75) is 19.8 Å². The van der Waals surface area contributed by atoms with E-state index >= 15 is 0 Å². The summed E-state index contributed by atoms with van der Waals surface area (Å²) in [7, 11) is 1.65. The molecule has 2 aliphatic heterocycles. The molecule has 31 heavy (non-hydrogen) atoms. The number of hydrogen-bond donors (Lipinski definition) is 0. The van der Waals surface area contributed by atoms with Crippen LogP contribution in [0, 0.1) is 12.8 Å². The van der Waals surface area contributed by atoms with Crippen molar-refractivity contribution in [1.29, 1.82) is 0 Å². The van der Waals surface area contributed by atoms with E-state index in [-0.39, 0.29) is 23.7 Å². The molecule has 0 spiro atoms. The Kier molecular flexibility index (Phi) is 6.16. The first-order chi connectivity index (χ1) is 15.0. The SMILES string of the molecule is COc1cccc([C@@H]2CN(C(C)=O)C[C@H]2C(=O)N2CCN(c3ccccc3C)CC2)c1. The molecule has 2 atom stereocenters. The zero-order valence-electron chi connectivity index (χ0n) is 18.6. The minimum Gasteiger partial charge on any atom is -0.497 e. The Morgan fingerprint density at radius 2 is 1.68 bits per heavy atom. The van der Waals surface area contributed by atoms with Gasteiger partial charge < -0.3 is 19.4 Å². The Morgan fingerprint density at radius 1 is 0.935 bits per heavy atom. The summed E-state index contributed by atoms with van der Waals surface area (Å²) < 4.78 is 5.38. The minimum absolute atomic E-state index is 0.0131. The summed E-state index contributed by atoms with van der Waals surface area (Å²) in [4.78, 5) is 31.8. The van der Waals surface area contributed by atoms with Gasteiger partial charge in [0.15, 0.2) is 0 Å². The number of rotatable bonds is 4. The zero-order valence-corrected chi connectivity index (χ0v) is 18.6. The van der Waals surface area contributed by atoms with Gasteiger partial charge in [0.1, 0.15) is 5.75 Å². The van der Waals surface area contributed by atoms with E-state index in [2.05, 4.69) is 36.1 Å². The van der Waals surface area contributed by atoms with E-state index in [0.717, 1.165) is 24.4 Å². The molecule has 2 fully saturated rings. The van der Waals surface area contributed by atoms with Crippen molar-refractivity contribution in [3.05, 3.63) is 59.7 Å². The molecule has 0 N–H and O–H groups in total. The lowest BCUT2D eigenvalue weighted by molar-refractivity contribution is -0.136. The molecule has 0 bridgehead atoms. The Labute approximate surface area is 184 Å². The van der Waals surface area contributed by atoms with Crippen LogP contribution >= 0.6 is 0 Å². The molecule has 2 aromatic carbocycles. The third-order valence-corrected chi connectivity index (χ3v) is 6.65. The normalized spacial score (nSPS) is 21.3. The van der Waals surface area contributed by atoms with Crippen LogP contribution in [0.25, 0.3) is 0 Å². The van der Waals surface area contributed by atoms with Crippen LogP contribution in [0.15, 0.2) is 48.5 Å². The minimum atomic E-state index is -0.221. The van der Waals surface area contributed by atoms with Gasteiger partial charge in [0.05, 0.1) is 13.0 Å². The lowest BCUT2D eigenvalue weighted by Gasteiger charge is -2.38. The summed E-state index contributed by atoms with van der Waals surface area (Å²) in [5.41, 5.74) is 3.56. The zero-order chi connectivity index (χ0) is 22.0. The number of ether oxygens (including phenoxy) is 1. The molecule has 2 saturated heterocycles. The summed E-state index contributed by atoms with van der Waals surface area (Å²) in [6, 6.07) is 16.3. The van der Waals surface area contributed by atoms with E-state index in [0.29, 0.717) is 26.2 Å². The fourth-order valence-corrected chi connectivity index (χ4v) is 4.84. The van der Waals surface area contributed by atoms with Crippen molar-refractivity contribution in [1.82, 2.24) is 9.80 Å². The van der Waals surface area contributed by atoms with Crippen LogP contribution in [0.2, 0.25) is 0 Å². The van der Waals surface area contributed by atoms with Crippen LogP contribution in [0.5, 0.6) is 5.75 Å². The monoisotopic (exact) mass is 421 g/mol. The van der Waals surface area contributed by atoms with Crippen molar-refractivity contribution in [2.24, 2.45) is 5.92 Å². The van der Waals surface area contributed by atoms with Gasteiger partial charge in [-0.05, 0) is 36.2 Å². The molecule has 0 unspecified atom stereocenters. The largest absolute Gasteiger partial charge is 0.497 e. The second kappa shape index (κ2) is 9.00. The van der Waals surface area contributed by atoms with Crippen molar-refractivity contribution >= 4 is 17.5 Å². The van der Waals surface area contributed by atoms with Crippen LogP contribution in [0.1, 0.15) is 24.0 Å². The fraction of sp³-hybridized carbons (Fsp3) is 0.440. The quantitative estimate of drug-likeness (QED) is 0.762. The molecule has 164 valence electrons. The number of aryl methyl sites for hydroxylation is 1. The summed E-state index contributed by atoms with van der Waals surface area (Å²) in [6.07, 6.45) is 0. The maximum absolute atomic E-state index is 13.6. The standard InChI is InChI=1S/C25H31N3O3/c1-18-7-4-5-10-24(18)26-11-13-27(14-12-26)25(30)23-17-28(19(2)29)16-22(23)20-8-6-9-21(15-20)31-3/h4-10,15,22-23H,11-14,16-17H2,1-3H3/t22-,23+/m0/s1. The first kappa shape index (κ1) is 21.2. The van der Waals surface area contributed by atoms with Crippen molar-refractivity contribution in [3.8, 4) is 5.75 Å². The highest BCUT2D eigenvalue weighted by molar-refractivity contribution is 5.83. The average molecular weight is 422 g/mol. The molecule has 0 saturated carbocycles.